The van der Waals surface area contributed by atoms with Crippen LogP contribution in [0.1, 0.15) is 5.56 Å². The van der Waals surface area contributed by atoms with E-state index in [0.717, 1.165) is 21.9 Å². The van der Waals surface area contributed by atoms with E-state index in [4.69, 9.17) is 5.73 Å². The third kappa shape index (κ3) is 2.53. The second kappa shape index (κ2) is 5.28. The summed E-state index contributed by atoms with van der Waals surface area (Å²) in [6.07, 6.45) is 5.31. The second-order valence-electron chi connectivity index (χ2n) is 4.19. The van der Waals surface area contributed by atoms with Gasteiger partial charge in [-0.15, -0.1) is 11.8 Å². The molecule has 0 amide bonds. The van der Waals surface area contributed by atoms with Gasteiger partial charge in [0.25, 0.3) is 0 Å². The number of benzene rings is 1. The second-order valence-corrected chi connectivity index (χ2v) is 5.21. The number of para-hydroxylation sites is 1. The number of hydrogen-bond donors (Lipinski definition) is 1. The van der Waals surface area contributed by atoms with Crippen LogP contribution in [0.15, 0.2) is 59.9 Å². The van der Waals surface area contributed by atoms with Gasteiger partial charge in [0.05, 0.1) is 17.4 Å². The van der Waals surface area contributed by atoms with Crippen LogP contribution in [0, 0.1) is 0 Å². The van der Waals surface area contributed by atoms with Crippen molar-refractivity contribution in [1.82, 2.24) is 9.97 Å². The van der Waals surface area contributed by atoms with Gasteiger partial charge >= 0.3 is 0 Å². The monoisotopic (exact) mass is 267 g/mol. The minimum absolute atomic E-state index is 0.728. The van der Waals surface area contributed by atoms with Crippen molar-refractivity contribution in [3.8, 4) is 0 Å². The molecule has 94 valence electrons. The first-order valence-corrected chi connectivity index (χ1v) is 6.98. The number of nitrogen functional groups attached to an aromatic ring is 1. The number of thioether (sulfide) groups is 1. The van der Waals surface area contributed by atoms with Crippen molar-refractivity contribution in [2.75, 3.05) is 5.73 Å². The zero-order valence-corrected chi connectivity index (χ0v) is 11.1. The SMILES string of the molecule is Nc1cnccc1SCc1ccnc2ccccc12. The van der Waals surface area contributed by atoms with Crippen LogP contribution < -0.4 is 5.73 Å². The molecule has 0 aliphatic rings. The fourth-order valence-corrected chi connectivity index (χ4v) is 2.90. The lowest BCUT2D eigenvalue weighted by molar-refractivity contribution is 1.26. The molecule has 0 aliphatic heterocycles. The van der Waals surface area contributed by atoms with Crippen molar-refractivity contribution >= 4 is 28.4 Å². The van der Waals surface area contributed by atoms with Crippen molar-refractivity contribution in [2.24, 2.45) is 0 Å². The van der Waals surface area contributed by atoms with Crippen LogP contribution in [-0.4, -0.2) is 9.97 Å². The van der Waals surface area contributed by atoms with Gasteiger partial charge in [-0.2, -0.15) is 0 Å². The Morgan fingerprint density at radius 1 is 1.05 bits per heavy atom. The molecule has 0 bridgehead atoms. The smallest absolute Gasteiger partial charge is 0.0705 e. The molecule has 1 aromatic carbocycles. The zero-order chi connectivity index (χ0) is 13.1. The Kier molecular flexibility index (Phi) is 3.33. The molecular formula is C15H13N3S. The number of rotatable bonds is 3. The molecule has 2 aromatic heterocycles. The quantitative estimate of drug-likeness (QED) is 0.738. The van der Waals surface area contributed by atoms with E-state index in [9.17, 15) is 0 Å². The summed E-state index contributed by atoms with van der Waals surface area (Å²) in [7, 11) is 0. The Morgan fingerprint density at radius 3 is 2.84 bits per heavy atom. The molecule has 0 radical (unpaired) electrons. The normalized spacial score (nSPS) is 10.7. The highest BCUT2D eigenvalue weighted by Crippen LogP contribution is 2.29. The molecule has 3 rings (SSSR count). The fraction of sp³-hybridized carbons (Fsp3) is 0.0667. The highest BCUT2D eigenvalue weighted by molar-refractivity contribution is 7.98. The van der Waals surface area contributed by atoms with Crippen molar-refractivity contribution in [1.29, 1.82) is 0 Å². The summed E-state index contributed by atoms with van der Waals surface area (Å²) in [6, 6.07) is 12.2. The van der Waals surface area contributed by atoms with Crippen LogP contribution in [-0.2, 0) is 5.75 Å². The van der Waals surface area contributed by atoms with Crippen LogP contribution in [0.3, 0.4) is 0 Å². The van der Waals surface area contributed by atoms with E-state index < -0.39 is 0 Å². The average molecular weight is 267 g/mol. The van der Waals surface area contributed by atoms with Crippen LogP contribution in [0.5, 0.6) is 0 Å². The number of pyridine rings is 2. The molecule has 0 saturated heterocycles. The minimum Gasteiger partial charge on any atom is -0.397 e. The van der Waals surface area contributed by atoms with Gasteiger partial charge in [-0.3, -0.25) is 9.97 Å². The van der Waals surface area contributed by atoms with Crippen LogP contribution in [0.25, 0.3) is 10.9 Å². The number of anilines is 1. The Morgan fingerprint density at radius 2 is 1.95 bits per heavy atom. The van der Waals surface area contributed by atoms with Gasteiger partial charge in [-0.05, 0) is 23.8 Å². The first kappa shape index (κ1) is 12.0. The molecule has 2 heterocycles. The van der Waals surface area contributed by atoms with Gasteiger partial charge in [0.2, 0.25) is 0 Å². The van der Waals surface area contributed by atoms with Gasteiger partial charge in [0.1, 0.15) is 0 Å². The predicted octanol–water partition coefficient (Wildman–Crippen LogP) is 3.50. The third-order valence-electron chi connectivity index (χ3n) is 2.93. The average Bonchev–Trinajstić information content (AvgIpc) is 2.46. The Labute approximate surface area is 115 Å². The summed E-state index contributed by atoms with van der Waals surface area (Å²) in [5.74, 6) is 0.872. The first-order valence-electron chi connectivity index (χ1n) is 5.99. The van der Waals surface area contributed by atoms with Crippen molar-refractivity contribution in [2.45, 2.75) is 10.6 Å². The van der Waals surface area contributed by atoms with Gasteiger partial charge in [0.15, 0.2) is 0 Å². The van der Waals surface area contributed by atoms with E-state index in [2.05, 4.69) is 22.1 Å². The fourth-order valence-electron chi connectivity index (χ4n) is 1.96. The first-order chi connectivity index (χ1) is 9.34. The number of hydrogen-bond acceptors (Lipinski definition) is 4. The maximum atomic E-state index is 5.90. The highest BCUT2D eigenvalue weighted by Gasteiger charge is 2.04. The standard InChI is InChI=1S/C15H13N3S/c16-13-9-17-7-6-15(13)19-10-11-5-8-18-14-4-2-1-3-12(11)14/h1-9H,10,16H2. The summed E-state index contributed by atoms with van der Waals surface area (Å²) in [5, 5.41) is 1.20. The Balaban J connectivity index is 1.88. The van der Waals surface area contributed by atoms with E-state index >= 15 is 0 Å². The molecule has 0 spiro atoms. The highest BCUT2D eigenvalue weighted by atomic mass is 32.2. The minimum atomic E-state index is 0.728. The number of fused-ring (bicyclic) bond motifs is 1. The summed E-state index contributed by atoms with van der Waals surface area (Å²) < 4.78 is 0. The zero-order valence-electron chi connectivity index (χ0n) is 10.3. The van der Waals surface area contributed by atoms with Gasteiger partial charge in [-0.1, -0.05) is 18.2 Å². The summed E-state index contributed by atoms with van der Waals surface area (Å²) in [5.41, 5.74) is 8.93. The predicted molar refractivity (Wildman–Crippen MR) is 80.0 cm³/mol. The summed E-state index contributed by atoms with van der Waals surface area (Å²) in [4.78, 5) is 9.44. The van der Waals surface area contributed by atoms with Crippen molar-refractivity contribution < 1.29 is 0 Å². The van der Waals surface area contributed by atoms with E-state index in [1.807, 2.05) is 30.5 Å². The van der Waals surface area contributed by atoms with E-state index in [-0.39, 0.29) is 0 Å². The van der Waals surface area contributed by atoms with E-state index in [0.29, 0.717) is 0 Å². The molecule has 3 nitrogen and oxygen atoms in total. The van der Waals surface area contributed by atoms with Crippen molar-refractivity contribution in [3.63, 3.8) is 0 Å². The molecule has 2 N–H and O–H groups in total. The number of aromatic nitrogens is 2. The molecular weight excluding hydrogens is 254 g/mol. The van der Waals surface area contributed by atoms with E-state index in [1.165, 1.54) is 10.9 Å². The molecule has 0 aliphatic carbocycles. The molecule has 0 unspecified atom stereocenters. The topological polar surface area (TPSA) is 51.8 Å². The molecule has 19 heavy (non-hydrogen) atoms. The Bertz CT molecular complexity index is 707. The van der Waals surface area contributed by atoms with Crippen LogP contribution in [0.4, 0.5) is 5.69 Å². The van der Waals surface area contributed by atoms with Crippen LogP contribution >= 0.6 is 11.8 Å². The molecule has 0 atom stereocenters. The lowest BCUT2D eigenvalue weighted by Crippen LogP contribution is -1.91. The summed E-state index contributed by atoms with van der Waals surface area (Å²) in [6.45, 7) is 0. The molecule has 3 aromatic rings. The number of nitrogens with zero attached hydrogens (tertiary/aromatic N) is 2. The van der Waals surface area contributed by atoms with Crippen molar-refractivity contribution in [3.05, 3.63) is 60.6 Å². The summed E-state index contributed by atoms with van der Waals surface area (Å²) >= 11 is 1.72. The van der Waals surface area contributed by atoms with Gasteiger partial charge < -0.3 is 5.73 Å². The van der Waals surface area contributed by atoms with E-state index in [1.54, 1.807) is 24.2 Å². The van der Waals surface area contributed by atoms with Gasteiger partial charge in [-0.25, -0.2) is 0 Å². The molecule has 4 heteroatoms. The molecule has 0 fully saturated rings. The molecule has 0 saturated carbocycles. The maximum Gasteiger partial charge on any atom is 0.0705 e. The largest absolute Gasteiger partial charge is 0.397 e. The maximum absolute atomic E-state index is 5.90. The van der Waals surface area contributed by atoms with Gasteiger partial charge in [0, 0.05) is 28.4 Å². The lowest BCUT2D eigenvalue weighted by Gasteiger charge is -2.07. The lowest BCUT2D eigenvalue weighted by atomic mass is 10.1. The van der Waals surface area contributed by atoms with Crippen LogP contribution in [0.2, 0.25) is 0 Å². The Hall–Kier alpha value is -2.07. The number of nitrogens with two attached hydrogens (primary N) is 1. The third-order valence-corrected chi connectivity index (χ3v) is 4.07.